The molecule has 0 aromatic carbocycles. The second-order valence-electron chi connectivity index (χ2n) is 5.30. The maximum absolute atomic E-state index is 6.14. The average Bonchev–Trinajstić information content (AvgIpc) is 3.00. The predicted octanol–water partition coefficient (Wildman–Crippen LogP) is 3.07. The van der Waals surface area contributed by atoms with Crippen LogP contribution in [0.25, 0.3) is 11.0 Å². The molecule has 1 aliphatic rings. The number of hydrogen-bond donors (Lipinski definition) is 1. The molecule has 6 heteroatoms. The van der Waals surface area contributed by atoms with E-state index in [-0.39, 0.29) is 6.23 Å². The van der Waals surface area contributed by atoms with E-state index in [0.29, 0.717) is 18.0 Å². The number of hydrogen-bond acceptors (Lipinski definition) is 5. The third-order valence-electron chi connectivity index (χ3n) is 4.00. The highest BCUT2D eigenvalue weighted by Gasteiger charge is 2.32. The average molecular weight is 292 g/mol. The molecule has 108 valence electrons. The summed E-state index contributed by atoms with van der Waals surface area (Å²) in [6, 6.07) is 2.05. The highest BCUT2D eigenvalue weighted by molar-refractivity contribution is 7.98. The lowest BCUT2D eigenvalue weighted by atomic mass is 10.0. The largest absolute Gasteiger partial charge is 0.368 e. The van der Waals surface area contributed by atoms with Gasteiger partial charge in [-0.25, -0.2) is 4.98 Å². The first-order valence-corrected chi connectivity index (χ1v) is 8.20. The SMILES string of the molecule is CCC1OC(n2ccc3c(SC)nc(N)nc32)CC1C. The first-order chi connectivity index (χ1) is 9.63. The number of fused-ring (bicyclic) bond motifs is 1. The molecular formula is C14H20N4OS. The van der Waals surface area contributed by atoms with Crippen LogP contribution >= 0.6 is 11.8 Å². The number of nitrogens with zero attached hydrogens (tertiary/aromatic N) is 3. The third kappa shape index (κ3) is 2.16. The first-order valence-electron chi connectivity index (χ1n) is 6.97. The van der Waals surface area contributed by atoms with Crippen LogP contribution < -0.4 is 5.73 Å². The van der Waals surface area contributed by atoms with Gasteiger partial charge in [0.15, 0.2) is 0 Å². The Morgan fingerprint density at radius 2 is 2.30 bits per heavy atom. The summed E-state index contributed by atoms with van der Waals surface area (Å²) in [6.45, 7) is 4.42. The minimum atomic E-state index is 0.0523. The topological polar surface area (TPSA) is 66.0 Å². The molecule has 1 fully saturated rings. The fourth-order valence-corrected chi connectivity index (χ4v) is 3.51. The highest BCUT2D eigenvalue weighted by atomic mass is 32.2. The lowest BCUT2D eigenvalue weighted by molar-refractivity contribution is -0.00274. The van der Waals surface area contributed by atoms with E-state index < -0.39 is 0 Å². The standard InChI is InChI=1S/C14H20N4OS/c1-4-10-8(2)7-11(19-10)18-6-5-9-12(18)16-14(15)17-13(9)20-3/h5-6,8,10-11H,4,7H2,1-3H3,(H2,15,16,17). The number of aromatic nitrogens is 3. The Labute approximate surface area is 122 Å². The van der Waals surface area contributed by atoms with Gasteiger partial charge in [0.1, 0.15) is 16.9 Å². The predicted molar refractivity (Wildman–Crippen MR) is 81.7 cm³/mol. The summed E-state index contributed by atoms with van der Waals surface area (Å²) in [5.74, 6) is 0.890. The molecule has 3 atom stereocenters. The van der Waals surface area contributed by atoms with Gasteiger partial charge in [0.2, 0.25) is 5.95 Å². The summed E-state index contributed by atoms with van der Waals surface area (Å²) in [7, 11) is 0. The zero-order valence-electron chi connectivity index (χ0n) is 12.0. The smallest absolute Gasteiger partial charge is 0.223 e. The first kappa shape index (κ1) is 13.7. The van der Waals surface area contributed by atoms with Gasteiger partial charge in [-0.15, -0.1) is 11.8 Å². The van der Waals surface area contributed by atoms with Gasteiger partial charge in [0, 0.05) is 6.20 Å². The molecular weight excluding hydrogens is 272 g/mol. The van der Waals surface area contributed by atoms with Crippen LogP contribution in [0.15, 0.2) is 17.3 Å². The van der Waals surface area contributed by atoms with E-state index >= 15 is 0 Å². The van der Waals surface area contributed by atoms with Crippen molar-refractivity contribution >= 4 is 28.7 Å². The van der Waals surface area contributed by atoms with Crippen molar-refractivity contribution in [2.75, 3.05) is 12.0 Å². The molecule has 0 bridgehead atoms. The monoisotopic (exact) mass is 292 g/mol. The molecule has 2 N–H and O–H groups in total. The number of nitrogens with two attached hydrogens (primary N) is 1. The molecule has 0 radical (unpaired) electrons. The Kier molecular flexibility index (Phi) is 3.60. The summed E-state index contributed by atoms with van der Waals surface area (Å²) in [5.41, 5.74) is 6.69. The van der Waals surface area contributed by atoms with E-state index in [0.717, 1.165) is 28.9 Å². The number of ether oxygens (including phenoxy) is 1. The van der Waals surface area contributed by atoms with Gasteiger partial charge < -0.3 is 15.0 Å². The van der Waals surface area contributed by atoms with Crippen molar-refractivity contribution in [1.29, 1.82) is 0 Å². The Balaban J connectivity index is 2.03. The molecule has 3 heterocycles. The van der Waals surface area contributed by atoms with Gasteiger partial charge in [-0.05, 0) is 31.1 Å². The third-order valence-corrected chi connectivity index (χ3v) is 4.70. The maximum atomic E-state index is 6.14. The van der Waals surface area contributed by atoms with Crippen molar-refractivity contribution in [3.05, 3.63) is 12.3 Å². The quantitative estimate of drug-likeness (QED) is 0.695. The van der Waals surface area contributed by atoms with Crippen LogP contribution in [-0.2, 0) is 4.74 Å². The van der Waals surface area contributed by atoms with E-state index in [1.165, 1.54) is 0 Å². The zero-order chi connectivity index (χ0) is 14.3. The normalized spacial score (nSPS) is 26.4. The van der Waals surface area contributed by atoms with Crippen LogP contribution in [0, 0.1) is 5.92 Å². The molecule has 1 saturated heterocycles. The van der Waals surface area contributed by atoms with Gasteiger partial charge in [-0.2, -0.15) is 4.98 Å². The summed E-state index contributed by atoms with van der Waals surface area (Å²) < 4.78 is 8.24. The Hall–Kier alpha value is -1.27. The molecule has 3 unspecified atom stereocenters. The van der Waals surface area contributed by atoms with Crippen LogP contribution in [0.4, 0.5) is 5.95 Å². The Bertz CT molecular complexity index is 627. The molecule has 2 aromatic heterocycles. The van der Waals surface area contributed by atoms with E-state index in [1.807, 2.05) is 18.5 Å². The van der Waals surface area contributed by atoms with Crippen LogP contribution in [0.1, 0.15) is 32.9 Å². The van der Waals surface area contributed by atoms with Crippen LogP contribution in [0.5, 0.6) is 0 Å². The van der Waals surface area contributed by atoms with Gasteiger partial charge >= 0.3 is 0 Å². The number of nitrogen functional groups attached to an aromatic ring is 1. The lowest BCUT2D eigenvalue weighted by Gasteiger charge is -2.15. The molecule has 0 aliphatic carbocycles. The van der Waals surface area contributed by atoms with Crippen molar-refractivity contribution in [2.24, 2.45) is 5.92 Å². The van der Waals surface area contributed by atoms with Gasteiger partial charge in [0.25, 0.3) is 0 Å². The fraction of sp³-hybridized carbons (Fsp3) is 0.571. The van der Waals surface area contributed by atoms with Gasteiger partial charge in [-0.3, -0.25) is 0 Å². The molecule has 2 aromatic rings. The van der Waals surface area contributed by atoms with Crippen molar-refractivity contribution in [3.8, 4) is 0 Å². The fourth-order valence-electron chi connectivity index (χ4n) is 2.95. The highest BCUT2D eigenvalue weighted by Crippen LogP contribution is 2.37. The summed E-state index contributed by atoms with van der Waals surface area (Å²) in [4.78, 5) is 8.68. The zero-order valence-corrected chi connectivity index (χ0v) is 12.9. The minimum absolute atomic E-state index is 0.0523. The van der Waals surface area contributed by atoms with Gasteiger partial charge in [-0.1, -0.05) is 13.8 Å². The maximum Gasteiger partial charge on any atom is 0.223 e. The van der Waals surface area contributed by atoms with Crippen LogP contribution in [-0.4, -0.2) is 26.9 Å². The summed E-state index contributed by atoms with van der Waals surface area (Å²) in [5, 5.41) is 1.97. The molecule has 0 amide bonds. The van der Waals surface area contributed by atoms with E-state index in [9.17, 15) is 0 Å². The second-order valence-corrected chi connectivity index (χ2v) is 6.10. The van der Waals surface area contributed by atoms with Crippen LogP contribution in [0.3, 0.4) is 0 Å². The second kappa shape index (κ2) is 5.26. The Morgan fingerprint density at radius 3 is 2.95 bits per heavy atom. The Morgan fingerprint density at radius 1 is 1.50 bits per heavy atom. The molecule has 1 aliphatic heterocycles. The molecule has 5 nitrogen and oxygen atoms in total. The molecule has 0 spiro atoms. The van der Waals surface area contributed by atoms with Crippen molar-refractivity contribution in [3.63, 3.8) is 0 Å². The van der Waals surface area contributed by atoms with Crippen molar-refractivity contribution in [1.82, 2.24) is 14.5 Å². The number of rotatable bonds is 3. The van der Waals surface area contributed by atoms with Crippen molar-refractivity contribution < 1.29 is 4.74 Å². The molecule has 20 heavy (non-hydrogen) atoms. The molecule has 3 rings (SSSR count). The van der Waals surface area contributed by atoms with E-state index in [4.69, 9.17) is 10.5 Å². The lowest BCUT2D eigenvalue weighted by Crippen LogP contribution is -2.12. The van der Waals surface area contributed by atoms with E-state index in [1.54, 1.807) is 11.8 Å². The van der Waals surface area contributed by atoms with Gasteiger partial charge in [0.05, 0.1) is 11.5 Å². The molecule has 0 saturated carbocycles. The summed E-state index contributed by atoms with van der Waals surface area (Å²) >= 11 is 1.59. The minimum Gasteiger partial charge on any atom is -0.368 e. The summed E-state index contributed by atoms with van der Waals surface area (Å²) in [6.07, 6.45) is 6.48. The van der Waals surface area contributed by atoms with Crippen molar-refractivity contribution in [2.45, 2.75) is 44.0 Å². The number of anilines is 1. The van der Waals surface area contributed by atoms with Crippen LogP contribution in [0.2, 0.25) is 0 Å². The van der Waals surface area contributed by atoms with E-state index in [2.05, 4.69) is 28.4 Å². The number of thioether (sulfide) groups is 1.